The Hall–Kier alpha value is -1.27. The van der Waals surface area contributed by atoms with Crippen LogP contribution in [0.2, 0.25) is 5.02 Å². The van der Waals surface area contributed by atoms with Gasteiger partial charge in [-0.05, 0) is 0 Å². The van der Waals surface area contributed by atoms with Gasteiger partial charge in [0.2, 0.25) is 0 Å². The third-order valence-corrected chi connectivity index (χ3v) is 1.08. The average Bonchev–Trinajstić information content (AvgIpc) is 2.04. The van der Waals surface area contributed by atoms with Crippen LogP contribution >= 0.6 is 11.6 Å². The highest BCUT2D eigenvalue weighted by Crippen LogP contribution is 2.06. The minimum Gasteiger partial charge on any atom is -0.450 e. The normalized spacial score (nSPS) is 8.73. The van der Waals surface area contributed by atoms with Crippen molar-refractivity contribution in [3.8, 4) is 18.4 Å². The van der Waals surface area contributed by atoms with E-state index in [9.17, 15) is 0 Å². The quantitative estimate of drug-likeness (QED) is 0.622. The smallest absolute Gasteiger partial charge is 0.317 e. The molecule has 1 aromatic heterocycles. The summed E-state index contributed by atoms with van der Waals surface area (Å²) in [6, 6.07) is 0.243. The van der Waals surface area contributed by atoms with Gasteiger partial charge in [0.1, 0.15) is 0 Å². The van der Waals surface area contributed by atoms with E-state index in [0.29, 0.717) is 5.02 Å². The molecule has 0 saturated heterocycles. The van der Waals surface area contributed by atoms with Crippen LogP contribution in [0.25, 0.3) is 0 Å². The number of hydrogen-bond donors (Lipinski definition) is 0. The van der Waals surface area contributed by atoms with Crippen molar-refractivity contribution in [3.05, 3.63) is 17.4 Å². The van der Waals surface area contributed by atoms with Crippen molar-refractivity contribution >= 4 is 11.6 Å². The van der Waals surface area contributed by atoms with Crippen LogP contribution in [0.15, 0.2) is 12.4 Å². The molecule has 0 aliphatic rings. The highest BCUT2D eigenvalue weighted by atomic mass is 35.5. The molecule has 4 heteroatoms. The summed E-state index contributed by atoms with van der Waals surface area (Å²) in [5, 5.41) is 0.470. The zero-order valence-corrected chi connectivity index (χ0v) is 6.38. The number of ether oxygens (including phenoxy) is 1. The van der Waals surface area contributed by atoms with Gasteiger partial charge in [-0.1, -0.05) is 17.5 Å². The number of rotatable bonds is 2. The third kappa shape index (κ3) is 2.44. The summed E-state index contributed by atoms with van der Waals surface area (Å²) in [6.45, 7) is 0.168. The minimum absolute atomic E-state index is 0.168. The fourth-order valence-electron chi connectivity index (χ4n) is 0.481. The first kappa shape index (κ1) is 7.83. The molecule has 0 spiro atoms. The van der Waals surface area contributed by atoms with Crippen molar-refractivity contribution in [3.63, 3.8) is 0 Å². The number of nitrogens with zero attached hydrogens (tertiary/aromatic N) is 2. The Bertz CT molecular complexity index is 265. The Kier molecular flexibility index (Phi) is 2.70. The minimum atomic E-state index is 0.168. The molecule has 0 aliphatic carbocycles. The second kappa shape index (κ2) is 3.79. The molecule has 0 N–H and O–H groups in total. The molecule has 0 saturated carbocycles. The second-order valence-electron chi connectivity index (χ2n) is 1.68. The Balaban J connectivity index is 2.60. The molecule has 0 unspecified atom stereocenters. The van der Waals surface area contributed by atoms with Gasteiger partial charge in [-0.25, -0.2) is 9.97 Å². The highest BCUT2D eigenvalue weighted by Gasteiger charge is 1.93. The molecular formula is C7H5ClN2O. The van der Waals surface area contributed by atoms with Gasteiger partial charge in [0.25, 0.3) is 0 Å². The van der Waals surface area contributed by atoms with Crippen LogP contribution < -0.4 is 4.74 Å². The standard InChI is InChI=1S/C7H5ClN2O/c1-2-3-11-7-9-4-6(8)5-10-7/h1,4-5H,3H2. The van der Waals surface area contributed by atoms with Gasteiger partial charge >= 0.3 is 6.01 Å². The molecule has 3 nitrogen and oxygen atoms in total. The second-order valence-corrected chi connectivity index (χ2v) is 2.11. The Labute approximate surface area is 69.4 Å². The van der Waals surface area contributed by atoms with Crippen molar-refractivity contribution in [2.45, 2.75) is 0 Å². The van der Waals surface area contributed by atoms with Crippen molar-refractivity contribution < 1.29 is 4.74 Å². The Morgan fingerprint density at radius 1 is 1.55 bits per heavy atom. The van der Waals surface area contributed by atoms with Crippen molar-refractivity contribution in [2.75, 3.05) is 6.61 Å². The van der Waals surface area contributed by atoms with Crippen LogP contribution in [-0.2, 0) is 0 Å². The molecule has 1 aromatic rings. The average molecular weight is 169 g/mol. The first-order valence-corrected chi connectivity index (χ1v) is 3.24. The van der Waals surface area contributed by atoms with Crippen LogP contribution in [0.4, 0.5) is 0 Å². The molecule has 1 heterocycles. The predicted molar refractivity (Wildman–Crippen MR) is 41.4 cm³/mol. The Morgan fingerprint density at radius 2 is 2.18 bits per heavy atom. The summed E-state index contributed by atoms with van der Waals surface area (Å²) in [7, 11) is 0. The largest absolute Gasteiger partial charge is 0.450 e. The van der Waals surface area contributed by atoms with Crippen LogP contribution in [0.5, 0.6) is 6.01 Å². The van der Waals surface area contributed by atoms with Crippen molar-refractivity contribution in [2.24, 2.45) is 0 Å². The Morgan fingerprint density at radius 3 is 2.73 bits per heavy atom. The van der Waals surface area contributed by atoms with Gasteiger partial charge in [0, 0.05) is 0 Å². The van der Waals surface area contributed by atoms with Gasteiger partial charge in [-0.2, -0.15) is 0 Å². The van der Waals surface area contributed by atoms with E-state index in [1.165, 1.54) is 12.4 Å². The molecule has 0 amide bonds. The molecule has 0 aliphatic heterocycles. The van der Waals surface area contributed by atoms with E-state index in [1.807, 2.05) is 0 Å². The monoisotopic (exact) mass is 168 g/mol. The SMILES string of the molecule is C#CCOc1ncc(Cl)cn1. The maximum Gasteiger partial charge on any atom is 0.317 e. The van der Waals surface area contributed by atoms with Gasteiger partial charge < -0.3 is 4.74 Å². The van der Waals surface area contributed by atoms with Crippen LogP contribution in [0.3, 0.4) is 0 Å². The third-order valence-electron chi connectivity index (χ3n) is 0.881. The molecule has 11 heavy (non-hydrogen) atoms. The lowest BCUT2D eigenvalue weighted by atomic mass is 10.7. The van der Waals surface area contributed by atoms with Gasteiger partial charge in [0.15, 0.2) is 6.61 Å². The van der Waals surface area contributed by atoms with E-state index in [4.69, 9.17) is 22.8 Å². The number of halogens is 1. The summed E-state index contributed by atoms with van der Waals surface area (Å²) in [6.07, 6.45) is 7.84. The number of aromatic nitrogens is 2. The molecule has 0 aromatic carbocycles. The summed E-state index contributed by atoms with van der Waals surface area (Å²) in [5.74, 6) is 2.30. The zero-order chi connectivity index (χ0) is 8.10. The molecule has 56 valence electrons. The fraction of sp³-hybridized carbons (Fsp3) is 0.143. The molecule has 0 bridgehead atoms. The highest BCUT2D eigenvalue weighted by molar-refractivity contribution is 6.30. The lowest BCUT2D eigenvalue weighted by Gasteiger charge is -1.97. The summed E-state index contributed by atoms with van der Waals surface area (Å²) in [5.41, 5.74) is 0. The van der Waals surface area contributed by atoms with E-state index in [2.05, 4.69) is 15.9 Å². The van der Waals surface area contributed by atoms with Crippen LogP contribution in [0, 0.1) is 12.3 Å². The number of hydrogen-bond acceptors (Lipinski definition) is 3. The maximum atomic E-state index is 5.52. The van der Waals surface area contributed by atoms with Gasteiger partial charge in [-0.15, -0.1) is 6.42 Å². The first-order chi connectivity index (χ1) is 5.33. The van der Waals surface area contributed by atoms with Crippen molar-refractivity contribution in [1.29, 1.82) is 0 Å². The van der Waals surface area contributed by atoms with Crippen LogP contribution in [-0.4, -0.2) is 16.6 Å². The van der Waals surface area contributed by atoms with Crippen LogP contribution in [0.1, 0.15) is 0 Å². The van der Waals surface area contributed by atoms with E-state index in [0.717, 1.165) is 0 Å². The van der Waals surface area contributed by atoms with E-state index >= 15 is 0 Å². The maximum absolute atomic E-state index is 5.52. The summed E-state index contributed by atoms with van der Waals surface area (Å²) >= 11 is 5.52. The summed E-state index contributed by atoms with van der Waals surface area (Å²) in [4.78, 5) is 7.51. The predicted octanol–water partition coefficient (Wildman–Crippen LogP) is 1.14. The molecule has 0 atom stereocenters. The zero-order valence-electron chi connectivity index (χ0n) is 5.62. The molecular weight excluding hydrogens is 164 g/mol. The molecule has 1 rings (SSSR count). The fourth-order valence-corrected chi connectivity index (χ4v) is 0.579. The van der Waals surface area contributed by atoms with E-state index in [-0.39, 0.29) is 12.6 Å². The lowest BCUT2D eigenvalue weighted by molar-refractivity contribution is 0.339. The molecule has 0 fully saturated rings. The van der Waals surface area contributed by atoms with E-state index < -0.39 is 0 Å². The van der Waals surface area contributed by atoms with E-state index in [1.54, 1.807) is 0 Å². The van der Waals surface area contributed by atoms with Gasteiger partial charge in [0.05, 0.1) is 17.4 Å². The number of terminal acetylenes is 1. The summed E-state index contributed by atoms with van der Waals surface area (Å²) < 4.78 is 4.89. The first-order valence-electron chi connectivity index (χ1n) is 2.86. The topological polar surface area (TPSA) is 35.0 Å². The lowest BCUT2D eigenvalue weighted by Crippen LogP contribution is -1.97. The van der Waals surface area contributed by atoms with Crippen molar-refractivity contribution in [1.82, 2.24) is 9.97 Å². The van der Waals surface area contributed by atoms with Gasteiger partial charge in [-0.3, -0.25) is 0 Å². The molecule has 0 radical (unpaired) electrons.